The third kappa shape index (κ3) is 5.28. The molecule has 7 heteroatoms. The van der Waals surface area contributed by atoms with Crippen LogP contribution in [-0.4, -0.2) is 32.7 Å². The van der Waals surface area contributed by atoms with Gasteiger partial charge in [0, 0.05) is 11.0 Å². The average molecular weight is 444 g/mol. The Kier molecular flexibility index (Phi) is 7.74. The number of thiophene rings is 1. The number of hydrogen-bond donors (Lipinski definition) is 1. The molecule has 1 amide bonds. The molecule has 1 atom stereocenters. The summed E-state index contributed by atoms with van der Waals surface area (Å²) >= 11 is 1.49. The summed E-state index contributed by atoms with van der Waals surface area (Å²) in [6, 6.07) is 5.41. The minimum absolute atomic E-state index is 0.299. The fourth-order valence-corrected chi connectivity index (χ4v) is 5.14. The molecular formula is C24H29NO5S. The van der Waals surface area contributed by atoms with Crippen LogP contribution in [0, 0.1) is 5.92 Å². The van der Waals surface area contributed by atoms with E-state index in [-0.39, 0.29) is 11.9 Å². The number of methoxy groups -OCH3 is 2. The number of anilines is 1. The van der Waals surface area contributed by atoms with Crippen molar-refractivity contribution in [3.05, 3.63) is 45.8 Å². The van der Waals surface area contributed by atoms with Gasteiger partial charge in [-0.05, 0) is 61.4 Å². The summed E-state index contributed by atoms with van der Waals surface area (Å²) in [6.45, 7) is 4.28. The summed E-state index contributed by atoms with van der Waals surface area (Å²) in [4.78, 5) is 26.4. The SMILES string of the molecule is CCOC(=O)c1c(NC(=O)/C=C/c2ccc(OC)c(OC)c2)sc2c1CC[C@H](CC)C2. The molecule has 0 aliphatic heterocycles. The lowest BCUT2D eigenvalue weighted by Crippen LogP contribution is -2.16. The monoisotopic (exact) mass is 443 g/mol. The number of amides is 1. The van der Waals surface area contributed by atoms with Gasteiger partial charge in [0.2, 0.25) is 5.91 Å². The summed E-state index contributed by atoms with van der Waals surface area (Å²) in [6.07, 6.45) is 7.10. The van der Waals surface area contributed by atoms with E-state index in [0.29, 0.717) is 34.6 Å². The Balaban J connectivity index is 1.81. The molecule has 1 aliphatic rings. The van der Waals surface area contributed by atoms with E-state index in [1.165, 1.54) is 22.3 Å². The van der Waals surface area contributed by atoms with E-state index in [1.54, 1.807) is 39.4 Å². The number of fused-ring (bicyclic) bond motifs is 1. The first-order valence-corrected chi connectivity index (χ1v) is 11.3. The van der Waals surface area contributed by atoms with Crippen LogP contribution in [0.5, 0.6) is 11.5 Å². The Labute approximate surface area is 187 Å². The van der Waals surface area contributed by atoms with Crippen molar-refractivity contribution in [1.29, 1.82) is 0 Å². The second-order valence-corrected chi connectivity index (χ2v) is 8.49. The molecule has 2 aromatic rings. The van der Waals surface area contributed by atoms with E-state index in [0.717, 1.165) is 36.8 Å². The first kappa shape index (κ1) is 22.9. The van der Waals surface area contributed by atoms with Crippen LogP contribution in [0.2, 0.25) is 0 Å². The second-order valence-electron chi connectivity index (χ2n) is 7.38. The van der Waals surface area contributed by atoms with E-state index < -0.39 is 0 Å². The smallest absolute Gasteiger partial charge is 0.341 e. The van der Waals surface area contributed by atoms with Gasteiger partial charge in [0.25, 0.3) is 0 Å². The van der Waals surface area contributed by atoms with Gasteiger partial charge in [0.15, 0.2) is 11.5 Å². The molecule has 0 spiro atoms. The summed E-state index contributed by atoms with van der Waals surface area (Å²) in [5.74, 6) is 1.17. The lowest BCUT2D eigenvalue weighted by Gasteiger charge is -2.20. The van der Waals surface area contributed by atoms with Crippen molar-refractivity contribution in [3.8, 4) is 11.5 Å². The Morgan fingerprint density at radius 2 is 1.97 bits per heavy atom. The van der Waals surface area contributed by atoms with Gasteiger partial charge in [-0.15, -0.1) is 11.3 Å². The van der Waals surface area contributed by atoms with Gasteiger partial charge in [-0.1, -0.05) is 19.4 Å². The van der Waals surface area contributed by atoms with E-state index in [9.17, 15) is 9.59 Å². The van der Waals surface area contributed by atoms with E-state index in [1.807, 2.05) is 6.07 Å². The molecular weight excluding hydrogens is 414 g/mol. The van der Waals surface area contributed by atoms with Crippen LogP contribution < -0.4 is 14.8 Å². The highest BCUT2D eigenvalue weighted by Gasteiger charge is 2.29. The van der Waals surface area contributed by atoms with E-state index in [2.05, 4.69) is 12.2 Å². The maximum Gasteiger partial charge on any atom is 0.341 e. The van der Waals surface area contributed by atoms with Crippen LogP contribution in [-0.2, 0) is 22.4 Å². The predicted octanol–water partition coefficient (Wildman–Crippen LogP) is 5.11. The molecule has 0 saturated heterocycles. The largest absolute Gasteiger partial charge is 0.493 e. The van der Waals surface area contributed by atoms with Crippen molar-refractivity contribution in [3.63, 3.8) is 0 Å². The van der Waals surface area contributed by atoms with Crippen LogP contribution >= 0.6 is 11.3 Å². The molecule has 1 aromatic carbocycles. The number of rotatable bonds is 8. The van der Waals surface area contributed by atoms with Gasteiger partial charge in [-0.25, -0.2) is 4.79 Å². The van der Waals surface area contributed by atoms with Gasteiger partial charge >= 0.3 is 5.97 Å². The second kappa shape index (κ2) is 10.5. The third-order valence-corrected chi connectivity index (χ3v) is 6.67. The topological polar surface area (TPSA) is 73.9 Å². The van der Waals surface area contributed by atoms with Gasteiger partial charge in [0.05, 0.1) is 26.4 Å². The van der Waals surface area contributed by atoms with E-state index >= 15 is 0 Å². The molecule has 166 valence electrons. The first-order valence-electron chi connectivity index (χ1n) is 10.5. The highest BCUT2D eigenvalue weighted by molar-refractivity contribution is 7.17. The zero-order valence-electron chi connectivity index (χ0n) is 18.4. The summed E-state index contributed by atoms with van der Waals surface area (Å²) in [5, 5.41) is 3.47. The number of carbonyl (C=O) groups is 2. The molecule has 1 N–H and O–H groups in total. The molecule has 1 heterocycles. The minimum Gasteiger partial charge on any atom is -0.493 e. The molecule has 6 nitrogen and oxygen atoms in total. The minimum atomic E-state index is -0.367. The zero-order valence-corrected chi connectivity index (χ0v) is 19.3. The number of carbonyl (C=O) groups excluding carboxylic acids is 2. The van der Waals surface area contributed by atoms with E-state index in [4.69, 9.17) is 14.2 Å². The maximum atomic E-state index is 12.6. The third-order valence-electron chi connectivity index (χ3n) is 5.50. The molecule has 3 rings (SSSR count). The molecule has 1 aliphatic carbocycles. The molecule has 1 aromatic heterocycles. The summed E-state index contributed by atoms with van der Waals surface area (Å²) in [7, 11) is 3.14. The van der Waals surface area contributed by atoms with Gasteiger partial charge in [-0.3, -0.25) is 4.79 Å². The van der Waals surface area contributed by atoms with Crippen LogP contribution in [0.4, 0.5) is 5.00 Å². The van der Waals surface area contributed by atoms with Gasteiger partial charge in [-0.2, -0.15) is 0 Å². The Bertz CT molecular complexity index is 979. The lowest BCUT2D eigenvalue weighted by molar-refractivity contribution is -0.111. The molecule has 0 radical (unpaired) electrons. The molecule has 0 saturated carbocycles. The zero-order chi connectivity index (χ0) is 22.4. The summed E-state index contributed by atoms with van der Waals surface area (Å²) < 4.78 is 15.8. The van der Waals surface area contributed by atoms with Crippen molar-refractivity contribution in [2.24, 2.45) is 5.92 Å². The quantitative estimate of drug-likeness (QED) is 0.453. The van der Waals surface area contributed by atoms with Crippen molar-refractivity contribution in [1.82, 2.24) is 0 Å². The molecule has 31 heavy (non-hydrogen) atoms. The average Bonchev–Trinajstić information content (AvgIpc) is 3.14. The number of nitrogens with one attached hydrogen (secondary N) is 1. The van der Waals surface area contributed by atoms with Crippen LogP contribution in [0.1, 0.15) is 53.1 Å². The predicted molar refractivity (Wildman–Crippen MR) is 123 cm³/mol. The Morgan fingerprint density at radius 1 is 1.19 bits per heavy atom. The fourth-order valence-electron chi connectivity index (χ4n) is 3.79. The van der Waals surface area contributed by atoms with Gasteiger partial charge in [0.1, 0.15) is 5.00 Å². The summed E-state index contributed by atoms with van der Waals surface area (Å²) in [5.41, 5.74) is 2.35. The van der Waals surface area contributed by atoms with Crippen LogP contribution in [0.25, 0.3) is 6.08 Å². The van der Waals surface area contributed by atoms with Crippen molar-refractivity contribution in [2.75, 3.05) is 26.1 Å². The number of benzene rings is 1. The van der Waals surface area contributed by atoms with Crippen LogP contribution in [0.15, 0.2) is 24.3 Å². The van der Waals surface area contributed by atoms with Gasteiger partial charge < -0.3 is 19.5 Å². The fraction of sp³-hybridized carbons (Fsp3) is 0.417. The molecule has 0 bridgehead atoms. The van der Waals surface area contributed by atoms with Crippen LogP contribution in [0.3, 0.4) is 0 Å². The highest BCUT2D eigenvalue weighted by Crippen LogP contribution is 2.40. The van der Waals surface area contributed by atoms with Crippen molar-refractivity contribution in [2.45, 2.75) is 39.5 Å². The van der Waals surface area contributed by atoms with Crippen molar-refractivity contribution >= 4 is 34.3 Å². The molecule has 0 unspecified atom stereocenters. The van der Waals surface area contributed by atoms with Crippen molar-refractivity contribution < 1.29 is 23.8 Å². The number of esters is 1. The lowest BCUT2D eigenvalue weighted by atomic mass is 9.85. The normalized spacial score (nSPS) is 15.4. The number of hydrogen-bond acceptors (Lipinski definition) is 6. The number of ether oxygens (including phenoxy) is 3. The molecule has 0 fully saturated rings. The standard InChI is InChI=1S/C24H29NO5S/c1-5-15-7-10-17-20(14-15)31-23(22(17)24(27)30-6-2)25-21(26)12-9-16-8-11-18(28-3)19(13-16)29-4/h8-9,11-13,15H,5-7,10,14H2,1-4H3,(H,25,26)/b12-9+/t15-/m0/s1. The first-order chi connectivity index (χ1) is 15.0. The highest BCUT2D eigenvalue weighted by atomic mass is 32.1. The Hall–Kier alpha value is -2.80. The Morgan fingerprint density at radius 3 is 2.65 bits per heavy atom. The maximum absolute atomic E-state index is 12.6.